The summed E-state index contributed by atoms with van der Waals surface area (Å²) < 4.78 is 0. The van der Waals surface area contributed by atoms with Gasteiger partial charge < -0.3 is 16.0 Å². The van der Waals surface area contributed by atoms with Crippen LogP contribution < -0.4 is 16.4 Å². The summed E-state index contributed by atoms with van der Waals surface area (Å²) in [5.41, 5.74) is 8.71. The van der Waals surface area contributed by atoms with E-state index < -0.39 is 6.04 Å². The van der Waals surface area contributed by atoms with Crippen molar-refractivity contribution in [1.29, 1.82) is 0 Å². The first-order valence-electron chi connectivity index (χ1n) is 11.5. The largest absolute Gasteiger partial charge is 0.326 e. The van der Waals surface area contributed by atoms with Crippen molar-refractivity contribution in [2.24, 2.45) is 5.73 Å². The Bertz CT molecular complexity index is 816. The fourth-order valence-corrected chi connectivity index (χ4v) is 4.33. The number of imide groups is 1. The predicted octanol–water partition coefficient (Wildman–Crippen LogP) is 2.62. The van der Waals surface area contributed by atoms with Crippen LogP contribution in [0.5, 0.6) is 0 Å². The van der Waals surface area contributed by atoms with E-state index in [1.165, 1.54) is 25.7 Å². The van der Waals surface area contributed by atoms with Crippen molar-refractivity contribution in [2.45, 2.75) is 89.9 Å². The van der Waals surface area contributed by atoms with Crippen molar-refractivity contribution < 1.29 is 14.4 Å². The first kappa shape index (κ1) is 23.4. The number of hydrogen-bond donors (Lipinski definition) is 3. The molecule has 2 aliphatic rings. The highest BCUT2D eigenvalue weighted by Gasteiger charge is 2.38. The van der Waals surface area contributed by atoms with Gasteiger partial charge >= 0.3 is 0 Å². The Morgan fingerprint density at radius 2 is 1.87 bits per heavy atom. The molecule has 170 valence electrons. The van der Waals surface area contributed by atoms with Crippen molar-refractivity contribution in [1.82, 2.24) is 15.5 Å². The SMILES string of the molecule is CC(C)(N)CCCCCCCNCc1ccc2c(c1)CN(C1CCC(=O)NC1=O)C2=O. The number of fused-ring (bicyclic) bond motifs is 1. The summed E-state index contributed by atoms with van der Waals surface area (Å²) in [6.07, 6.45) is 7.79. The van der Waals surface area contributed by atoms with Gasteiger partial charge in [-0.2, -0.15) is 0 Å². The molecule has 0 aromatic heterocycles. The van der Waals surface area contributed by atoms with Gasteiger partial charge in [0.05, 0.1) is 0 Å². The van der Waals surface area contributed by atoms with Crippen molar-refractivity contribution >= 4 is 17.7 Å². The zero-order valence-electron chi connectivity index (χ0n) is 18.8. The summed E-state index contributed by atoms with van der Waals surface area (Å²) in [7, 11) is 0. The van der Waals surface area contributed by atoms with Gasteiger partial charge in [-0.3, -0.25) is 19.7 Å². The van der Waals surface area contributed by atoms with Gasteiger partial charge in [0, 0.05) is 30.6 Å². The Morgan fingerprint density at radius 3 is 2.61 bits per heavy atom. The number of benzene rings is 1. The van der Waals surface area contributed by atoms with Crippen LogP contribution in [0, 0.1) is 0 Å². The number of nitrogens with one attached hydrogen (secondary N) is 2. The molecule has 1 fully saturated rings. The smallest absolute Gasteiger partial charge is 0.255 e. The Balaban J connectivity index is 1.39. The van der Waals surface area contributed by atoms with Crippen LogP contribution in [0.4, 0.5) is 0 Å². The summed E-state index contributed by atoms with van der Waals surface area (Å²) >= 11 is 0. The molecule has 7 heteroatoms. The van der Waals surface area contributed by atoms with Crippen molar-refractivity contribution in [2.75, 3.05) is 6.54 Å². The lowest BCUT2D eigenvalue weighted by Crippen LogP contribution is -2.52. The molecule has 1 unspecified atom stereocenters. The molecule has 3 rings (SSSR count). The third-order valence-corrected chi connectivity index (χ3v) is 6.09. The number of piperidine rings is 1. The lowest BCUT2D eigenvalue weighted by Gasteiger charge is -2.29. The van der Waals surface area contributed by atoms with E-state index in [2.05, 4.69) is 30.5 Å². The van der Waals surface area contributed by atoms with Crippen molar-refractivity contribution in [3.8, 4) is 0 Å². The highest BCUT2D eigenvalue weighted by Crippen LogP contribution is 2.28. The average molecular weight is 429 g/mol. The lowest BCUT2D eigenvalue weighted by molar-refractivity contribution is -0.136. The van der Waals surface area contributed by atoms with E-state index >= 15 is 0 Å². The summed E-state index contributed by atoms with van der Waals surface area (Å²) in [5.74, 6) is -0.758. The summed E-state index contributed by atoms with van der Waals surface area (Å²) in [6.45, 7) is 6.33. The molecule has 3 amide bonds. The van der Waals surface area contributed by atoms with Gasteiger partial charge in [0.2, 0.25) is 11.8 Å². The lowest BCUT2D eigenvalue weighted by atomic mass is 9.97. The van der Waals surface area contributed by atoms with Crippen LogP contribution in [0.3, 0.4) is 0 Å². The standard InChI is InChI=1S/C24H36N4O3/c1-24(2,25)12-6-4-3-5-7-13-26-15-17-8-9-19-18(14-17)16-28(23(19)31)20-10-11-21(29)27-22(20)30/h8-9,14,20,26H,3-7,10-13,15-16,25H2,1-2H3,(H,27,29,30). The van der Waals surface area contributed by atoms with Crippen LogP contribution in [0.25, 0.3) is 0 Å². The van der Waals surface area contributed by atoms with Crippen LogP contribution >= 0.6 is 0 Å². The Morgan fingerprint density at radius 1 is 1.13 bits per heavy atom. The maximum Gasteiger partial charge on any atom is 0.255 e. The highest BCUT2D eigenvalue weighted by molar-refractivity contribution is 6.05. The van der Waals surface area contributed by atoms with Gasteiger partial charge in [0.25, 0.3) is 5.91 Å². The second-order valence-corrected chi connectivity index (χ2v) is 9.57. The third-order valence-electron chi connectivity index (χ3n) is 6.09. The van der Waals surface area contributed by atoms with Crippen LogP contribution in [-0.2, 0) is 22.7 Å². The maximum absolute atomic E-state index is 12.7. The summed E-state index contributed by atoms with van der Waals surface area (Å²) in [4.78, 5) is 37.9. The molecule has 7 nitrogen and oxygen atoms in total. The molecule has 0 radical (unpaired) electrons. The van der Waals surface area contributed by atoms with E-state index in [0.29, 0.717) is 18.5 Å². The van der Waals surface area contributed by atoms with Crippen LogP contribution in [-0.4, -0.2) is 40.7 Å². The molecule has 4 N–H and O–H groups in total. The minimum atomic E-state index is -0.560. The highest BCUT2D eigenvalue weighted by atomic mass is 16.2. The number of unbranched alkanes of at least 4 members (excludes halogenated alkanes) is 4. The summed E-state index contributed by atoms with van der Waals surface area (Å²) in [6, 6.07) is 5.34. The van der Waals surface area contributed by atoms with E-state index in [-0.39, 0.29) is 29.7 Å². The van der Waals surface area contributed by atoms with Gasteiger partial charge in [-0.1, -0.05) is 37.8 Å². The normalized spacial score (nSPS) is 19.0. The monoisotopic (exact) mass is 428 g/mol. The zero-order valence-corrected chi connectivity index (χ0v) is 18.8. The quantitative estimate of drug-likeness (QED) is 0.371. The minimum Gasteiger partial charge on any atom is -0.326 e. The number of carbonyl (C=O) groups excluding carboxylic acids is 3. The van der Waals surface area contributed by atoms with E-state index in [4.69, 9.17) is 5.73 Å². The van der Waals surface area contributed by atoms with E-state index in [0.717, 1.165) is 37.1 Å². The third kappa shape index (κ3) is 6.61. The van der Waals surface area contributed by atoms with Gasteiger partial charge in [0.1, 0.15) is 6.04 Å². The fraction of sp³-hybridized carbons (Fsp3) is 0.625. The molecule has 0 saturated carbocycles. The molecule has 2 aliphatic heterocycles. The van der Waals surface area contributed by atoms with Crippen molar-refractivity contribution in [3.05, 3.63) is 34.9 Å². The molecule has 0 spiro atoms. The molecule has 1 aromatic rings. The fourth-order valence-electron chi connectivity index (χ4n) is 4.33. The molecule has 2 heterocycles. The molecule has 31 heavy (non-hydrogen) atoms. The predicted molar refractivity (Wildman–Crippen MR) is 120 cm³/mol. The topological polar surface area (TPSA) is 105 Å². The Hall–Kier alpha value is -2.25. The number of nitrogens with zero attached hydrogens (tertiary/aromatic N) is 1. The van der Waals surface area contributed by atoms with Crippen LogP contribution in [0.2, 0.25) is 0 Å². The average Bonchev–Trinajstić information content (AvgIpc) is 3.01. The summed E-state index contributed by atoms with van der Waals surface area (Å²) in [5, 5.41) is 5.83. The molecule has 0 bridgehead atoms. The number of rotatable bonds is 11. The maximum atomic E-state index is 12.7. The van der Waals surface area contributed by atoms with Crippen LogP contribution in [0.15, 0.2) is 18.2 Å². The second-order valence-electron chi connectivity index (χ2n) is 9.57. The number of carbonyl (C=O) groups is 3. The van der Waals surface area contributed by atoms with Gasteiger partial charge in [-0.15, -0.1) is 0 Å². The first-order chi connectivity index (χ1) is 14.7. The number of hydrogen-bond acceptors (Lipinski definition) is 5. The molecular weight excluding hydrogens is 392 g/mol. The molecule has 1 aromatic carbocycles. The second kappa shape index (κ2) is 10.4. The zero-order chi connectivity index (χ0) is 22.4. The number of amides is 3. The van der Waals surface area contributed by atoms with Gasteiger partial charge in [0.15, 0.2) is 0 Å². The Kier molecular flexibility index (Phi) is 7.84. The molecular formula is C24H36N4O3. The van der Waals surface area contributed by atoms with Gasteiger partial charge in [-0.25, -0.2) is 0 Å². The Labute approximate surface area is 185 Å². The van der Waals surface area contributed by atoms with E-state index in [9.17, 15) is 14.4 Å². The molecule has 1 atom stereocenters. The van der Waals surface area contributed by atoms with Crippen LogP contribution in [0.1, 0.15) is 86.7 Å². The first-order valence-corrected chi connectivity index (χ1v) is 11.5. The number of nitrogens with two attached hydrogens (primary N) is 1. The minimum absolute atomic E-state index is 0.0546. The molecule has 1 saturated heterocycles. The van der Waals surface area contributed by atoms with E-state index in [1.807, 2.05) is 12.1 Å². The van der Waals surface area contributed by atoms with Gasteiger partial charge in [-0.05, 0) is 56.8 Å². The molecule has 0 aliphatic carbocycles. The van der Waals surface area contributed by atoms with Crippen molar-refractivity contribution in [3.63, 3.8) is 0 Å². The van der Waals surface area contributed by atoms with E-state index in [1.54, 1.807) is 4.90 Å².